The van der Waals surface area contributed by atoms with Gasteiger partial charge in [-0.3, -0.25) is 14.9 Å². The maximum Gasteiger partial charge on any atom is 0.319 e. The highest BCUT2D eigenvalue weighted by Gasteiger charge is 2.40. The molecule has 1 saturated heterocycles. The van der Waals surface area contributed by atoms with Gasteiger partial charge in [0, 0.05) is 29.1 Å². The third-order valence-electron chi connectivity index (χ3n) is 4.79. The van der Waals surface area contributed by atoms with Crippen LogP contribution in [0, 0.1) is 23.0 Å². The molecular formula is C21H22N4O5. The van der Waals surface area contributed by atoms with E-state index in [1.807, 2.05) is 19.1 Å². The summed E-state index contributed by atoms with van der Waals surface area (Å²) in [6.07, 6.45) is 0. The predicted octanol–water partition coefficient (Wildman–Crippen LogP) is 3.42. The van der Waals surface area contributed by atoms with Crippen molar-refractivity contribution in [1.29, 1.82) is 0 Å². The van der Waals surface area contributed by atoms with Crippen molar-refractivity contribution in [3.05, 3.63) is 76.0 Å². The van der Waals surface area contributed by atoms with Crippen molar-refractivity contribution in [2.75, 3.05) is 11.9 Å². The first kappa shape index (κ1) is 20.8. The van der Waals surface area contributed by atoms with Gasteiger partial charge in [-0.1, -0.05) is 24.8 Å². The Morgan fingerprint density at radius 2 is 2.03 bits per heavy atom. The van der Waals surface area contributed by atoms with E-state index in [-0.39, 0.29) is 11.4 Å². The van der Waals surface area contributed by atoms with Gasteiger partial charge in [-0.05, 0) is 31.5 Å². The summed E-state index contributed by atoms with van der Waals surface area (Å²) in [6.45, 7) is 7.77. The summed E-state index contributed by atoms with van der Waals surface area (Å²) in [5.74, 6) is -0.999. The Hall–Kier alpha value is -3.88. The summed E-state index contributed by atoms with van der Waals surface area (Å²) < 4.78 is 5.61. The molecule has 2 atom stereocenters. The van der Waals surface area contributed by atoms with Crippen molar-refractivity contribution in [1.82, 2.24) is 10.6 Å². The number of hydrogen-bond acceptors (Lipinski definition) is 5. The fraction of sp³-hybridized carbons (Fsp3) is 0.238. The number of nitrogens with one attached hydrogen (secondary N) is 3. The molecule has 9 heteroatoms. The second-order valence-electron chi connectivity index (χ2n) is 6.80. The number of benzene rings is 2. The smallest absolute Gasteiger partial charge is 0.319 e. The molecule has 0 unspecified atom stereocenters. The van der Waals surface area contributed by atoms with Gasteiger partial charge in [0.05, 0.1) is 17.6 Å². The number of anilines is 1. The minimum Gasteiger partial charge on any atom is -0.494 e. The lowest BCUT2D eigenvalue weighted by Gasteiger charge is -2.34. The van der Waals surface area contributed by atoms with Gasteiger partial charge >= 0.3 is 6.03 Å². The molecule has 0 saturated carbocycles. The number of nitrogens with zero attached hydrogens (tertiary/aromatic N) is 1. The predicted molar refractivity (Wildman–Crippen MR) is 111 cm³/mol. The minimum absolute atomic E-state index is 0.176. The van der Waals surface area contributed by atoms with E-state index in [1.165, 1.54) is 18.2 Å². The Morgan fingerprint density at radius 1 is 1.30 bits per heavy atom. The fourth-order valence-corrected chi connectivity index (χ4v) is 3.36. The third-order valence-corrected chi connectivity index (χ3v) is 4.79. The second kappa shape index (κ2) is 8.64. The monoisotopic (exact) mass is 410 g/mol. The minimum atomic E-state index is -0.927. The van der Waals surface area contributed by atoms with Gasteiger partial charge in [0.1, 0.15) is 11.7 Å². The maximum atomic E-state index is 13.2. The highest BCUT2D eigenvalue weighted by molar-refractivity contribution is 5.97. The summed E-state index contributed by atoms with van der Waals surface area (Å²) in [6, 6.07) is 9.89. The average Bonchev–Trinajstić information content (AvgIpc) is 2.69. The van der Waals surface area contributed by atoms with E-state index in [2.05, 4.69) is 22.5 Å². The zero-order valence-corrected chi connectivity index (χ0v) is 16.6. The van der Waals surface area contributed by atoms with E-state index in [4.69, 9.17) is 4.74 Å². The molecule has 2 aromatic rings. The van der Waals surface area contributed by atoms with Crippen LogP contribution in [0.25, 0.3) is 0 Å². The first-order chi connectivity index (χ1) is 14.3. The van der Waals surface area contributed by atoms with Crippen molar-refractivity contribution in [2.45, 2.75) is 19.9 Å². The van der Waals surface area contributed by atoms with Crippen molar-refractivity contribution in [2.24, 2.45) is 5.92 Å². The molecule has 0 spiro atoms. The summed E-state index contributed by atoms with van der Waals surface area (Å²) in [4.78, 5) is 36.1. The van der Waals surface area contributed by atoms with E-state index in [0.717, 1.165) is 5.56 Å². The van der Waals surface area contributed by atoms with E-state index in [0.29, 0.717) is 23.6 Å². The molecule has 3 rings (SSSR count). The van der Waals surface area contributed by atoms with Crippen LogP contribution in [-0.2, 0) is 4.79 Å². The quantitative estimate of drug-likeness (QED) is 0.497. The lowest BCUT2D eigenvalue weighted by molar-refractivity contribution is -0.385. The van der Waals surface area contributed by atoms with Crippen LogP contribution >= 0.6 is 0 Å². The normalized spacial score (nSPS) is 18.2. The third kappa shape index (κ3) is 4.24. The van der Waals surface area contributed by atoms with Crippen molar-refractivity contribution >= 4 is 23.3 Å². The van der Waals surface area contributed by atoms with Crippen LogP contribution in [0.5, 0.6) is 5.75 Å². The molecule has 1 aliphatic heterocycles. The number of para-hydroxylation sites is 1. The summed E-state index contributed by atoms with van der Waals surface area (Å²) in [7, 11) is 0. The fourth-order valence-electron chi connectivity index (χ4n) is 3.36. The van der Waals surface area contributed by atoms with Gasteiger partial charge in [0.2, 0.25) is 5.91 Å². The maximum absolute atomic E-state index is 13.2. The first-order valence-corrected chi connectivity index (χ1v) is 9.35. The highest BCUT2D eigenvalue weighted by Crippen LogP contribution is 2.37. The standard InChI is InChI=1S/C21H22N4O5/c1-4-30-17-10-9-14(25(28)29)11-15(17)19-18(13(3)22-21(27)24-19)20(26)23-16-8-6-5-7-12(16)2/h5-11,18-19H,3-4H2,1-2H3,(H,23,26)(H2,22,24,27)/t18-,19+/m1/s1. The Morgan fingerprint density at radius 3 is 2.70 bits per heavy atom. The van der Waals surface area contributed by atoms with Crippen LogP contribution in [0.2, 0.25) is 0 Å². The first-order valence-electron chi connectivity index (χ1n) is 9.35. The van der Waals surface area contributed by atoms with Gasteiger partial charge in [-0.25, -0.2) is 4.79 Å². The number of rotatable bonds is 6. The molecule has 1 aliphatic rings. The Balaban J connectivity index is 2.03. The van der Waals surface area contributed by atoms with Gasteiger partial charge in [0.15, 0.2) is 0 Å². The molecule has 0 aliphatic carbocycles. The Bertz CT molecular complexity index is 1020. The van der Waals surface area contributed by atoms with Crippen molar-refractivity contribution in [3.63, 3.8) is 0 Å². The molecule has 0 aromatic heterocycles. The van der Waals surface area contributed by atoms with Crippen LogP contribution in [0.3, 0.4) is 0 Å². The zero-order chi connectivity index (χ0) is 21.8. The number of amides is 3. The molecule has 0 bridgehead atoms. The summed E-state index contributed by atoms with van der Waals surface area (Å²) >= 11 is 0. The van der Waals surface area contributed by atoms with E-state index >= 15 is 0 Å². The number of aryl methyl sites for hydroxylation is 1. The van der Waals surface area contributed by atoms with Crippen molar-refractivity contribution in [3.8, 4) is 5.75 Å². The van der Waals surface area contributed by atoms with Gasteiger partial charge < -0.3 is 20.7 Å². The molecule has 0 radical (unpaired) electrons. The van der Waals surface area contributed by atoms with E-state index in [9.17, 15) is 19.7 Å². The second-order valence-corrected chi connectivity index (χ2v) is 6.80. The topological polar surface area (TPSA) is 123 Å². The van der Waals surface area contributed by atoms with Gasteiger partial charge in [-0.15, -0.1) is 0 Å². The van der Waals surface area contributed by atoms with Crippen LogP contribution in [0.4, 0.5) is 16.2 Å². The molecule has 3 amide bonds. The Kier molecular flexibility index (Phi) is 6.01. The SMILES string of the molecule is C=C1NC(=O)N[C@@H](c2cc([N+](=O)[O-])ccc2OCC)[C@@H]1C(=O)Nc1ccccc1C. The molecule has 2 aromatic carbocycles. The molecule has 3 N–H and O–H groups in total. The van der Waals surface area contributed by atoms with Crippen LogP contribution < -0.4 is 20.7 Å². The lowest BCUT2D eigenvalue weighted by Crippen LogP contribution is -2.52. The molecular weight excluding hydrogens is 388 g/mol. The number of nitro groups is 1. The number of ether oxygens (including phenoxy) is 1. The largest absolute Gasteiger partial charge is 0.494 e. The molecule has 1 heterocycles. The number of hydrogen-bond donors (Lipinski definition) is 3. The number of nitro benzene ring substituents is 1. The van der Waals surface area contributed by atoms with Crippen LogP contribution in [0.1, 0.15) is 24.1 Å². The number of non-ortho nitro benzene ring substituents is 1. The number of carbonyl (C=O) groups is 2. The average molecular weight is 410 g/mol. The molecule has 1 fully saturated rings. The molecule has 30 heavy (non-hydrogen) atoms. The zero-order valence-electron chi connectivity index (χ0n) is 16.6. The van der Waals surface area contributed by atoms with E-state index < -0.39 is 28.8 Å². The van der Waals surface area contributed by atoms with Gasteiger partial charge in [-0.2, -0.15) is 0 Å². The van der Waals surface area contributed by atoms with Crippen molar-refractivity contribution < 1.29 is 19.2 Å². The summed E-state index contributed by atoms with van der Waals surface area (Å²) in [5, 5.41) is 19.3. The van der Waals surface area contributed by atoms with Crippen LogP contribution in [0.15, 0.2) is 54.7 Å². The highest BCUT2D eigenvalue weighted by atomic mass is 16.6. The summed E-state index contributed by atoms with van der Waals surface area (Å²) in [5.41, 5.74) is 1.82. The van der Waals surface area contributed by atoms with E-state index in [1.54, 1.807) is 19.1 Å². The molecule has 9 nitrogen and oxygen atoms in total. The molecule has 156 valence electrons. The Labute approximate surface area is 173 Å². The van der Waals surface area contributed by atoms with Gasteiger partial charge in [0.25, 0.3) is 5.69 Å². The van der Waals surface area contributed by atoms with Crippen LogP contribution in [-0.4, -0.2) is 23.5 Å². The lowest BCUT2D eigenvalue weighted by atomic mass is 9.87. The number of urea groups is 1. The number of carbonyl (C=O) groups excluding carboxylic acids is 2.